The average Bonchev–Trinajstić information content (AvgIpc) is 3.23. The number of nitrogens with zero attached hydrogens (tertiary/aromatic N) is 2. The van der Waals surface area contributed by atoms with Crippen LogP contribution >= 0.6 is 0 Å². The molecule has 1 aromatic carbocycles. The van der Waals surface area contributed by atoms with Crippen molar-refractivity contribution in [2.75, 3.05) is 6.61 Å². The minimum absolute atomic E-state index is 0.627. The molecule has 3 heterocycles. The Kier molecular flexibility index (Phi) is 6.82. The molecule has 3 aromatic rings. The third-order valence-electron chi connectivity index (χ3n) is 7.47. The van der Waals surface area contributed by atoms with Crippen LogP contribution in [-0.2, 0) is 22.5 Å². The Hall–Kier alpha value is -2.86. The molecule has 2 aliphatic rings. The lowest BCUT2D eigenvalue weighted by molar-refractivity contribution is -0.160. The lowest BCUT2D eigenvalue weighted by Crippen LogP contribution is -2.28. The first-order valence-electron chi connectivity index (χ1n) is 13.4. The van der Waals surface area contributed by atoms with E-state index in [1.165, 1.54) is 32.1 Å². The van der Waals surface area contributed by atoms with Crippen molar-refractivity contribution in [2.45, 2.75) is 90.9 Å². The van der Waals surface area contributed by atoms with Crippen molar-refractivity contribution < 1.29 is 19.4 Å². The molecule has 0 saturated heterocycles. The summed E-state index contributed by atoms with van der Waals surface area (Å²) in [6, 6.07) is 8.35. The largest absolute Gasteiger partial charge is 0.493 e. The second kappa shape index (κ2) is 9.89. The van der Waals surface area contributed by atoms with Crippen LogP contribution in [0.5, 0.6) is 5.75 Å². The third kappa shape index (κ3) is 5.01. The fraction of sp³-hybridized carbons (Fsp3) is 0.533. The number of hydrogen-bond acceptors (Lipinski definition) is 4. The number of aromatic nitrogens is 2. The van der Waals surface area contributed by atoms with E-state index in [-0.39, 0.29) is 0 Å². The van der Waals surface area contributed by atoms with E-state index in [2.05, 4.69) is 29.0 Å². The van der Waals surface area contributed by atoms with E-state index >= 15 is 0 Å². The van der Waals surface area contributed by atoms with Gasteiger partial charge in [0.15, 0.2) is 6.10 Å². The van der Waals surface area contributed by atoms with Gasteiger partial charge >= 0.3 is 5.97 Å². The fourth-order valence-corrected chi connectivity index (χ4v) is 5.86. The first-order chi connectivity index (χ1) is 17.2. The number of hydrogen-bond donors (Lipinski definition) is 1. The topological polar surface area (TPSA) is 73.6 Å². The van der Waals surface area contributed by atoms with E-state index in [0.29, 0.717) is 17.2 Å². The lowest BCUT2D eigenvalue weighted by atomic mass is 9.89. The zero-order valence-corrected chi connectivity index (χ0v) is 22.0. The maximum absolute atomic E-state index is 12.6. The number of carbonyl (C=O) groups is 1. The molecule has 0 bridgehead atoms. The predicted molar refractivity (Wildman–Crippen MR) is 142 cm³/mol. The van der Waals surface area contributed by atoms with E-state index in [1.54, 1.807) is 0 Å². The van der Waals surface area contributed by atoms with Crippen LogP contribution in [0.4, 0.5) is 0 Å². The number of benzene rings is 1. The monoisotopic (exact) mass is 490 g/mol. The lowest BCUT2D eigenvalue weighted by Gasteiger charge is -2.28. The first kappa shape index (κ1) is 24.8. The molecular formula is C30H38N2O4. The highest BCUT2D eigenvalue weighted by Crippen LogP contribution is 2.41. The van der Waals surface area contributed by atoms with Crippen molar-refractivity contribution in [1.82, 2.24) is 9.55 Å². The SMILES string of the molecule is Cc1nc2c(ccn2CC2CCCCC2)c(-c2ccc3c(c2)CCCO3)c1C(OC(C)(C)C)C(=O)O. The van der Waals surface area contributed by atoms with Crippen LogP contribution in [0, 0.1) is 12.8 Å². The van der Waals surface area contributed by atoms with Gasteiger partial charge in [0.25, 0.3) is 0 Å². The minimum atomic E-state index is -1.12. The van der Waals surface area contributed by atoms with Gasteiger partial charge < -0.3 is 19.1 Å². The van der Waals surface area contributed by atoms with Gasteiger partial charge in [0, 0.05) is 34.9 Å². The zero-order chi connectivity index (χ0) is 25.4. The van der Waals surface area contributed by atoms with Crippen molar-refractivity contribution in [1.29, 1.82) is 0 Å². The summed E-state index contributed by atoms with van der Waals surface area (Å²) >= 11 is 0. The predicted octanol–water partition coefficient (Wildman–Crippen LogP) is 6.86. The highest BCUT2D eigenvalue weighted by molar-refractivity contribution is 5.98. The van der Waals surface area contributed by atoms with Crippen LogP contribution in [0.15, 0.2) is 30.5 Å². The number of rotatable bonds is 6. The van der Waals surface area contributed by atoms with Crippen molar-refractivity contribution >= 4 is 17.0 Å². The molecule has 2 aromatic heterocycles. The van der Waals surface area contributed by atoms with Crippen LogP contribution < -0.4 is 4.74 Å². The van der Waals surface area contributed by atoms with Crippen molar-refractivity contribution in [3.05, 3.63) is 47.3 Å². The minimum Gasteiger partial charge on any atom is -0.493 e. The van der Waals surface area contributed by atoms with Gasteiger partial charge in [-0.25, -0.2) is 9.78 Å². The zero-order valence-electron chi connectivity index (χ0n) is 22.0. The Balaban J connectivity index is 1.70. The summed E-state index contributed by atoms with van der Waals surface area (Å²) in [6.07, 6.45) is 9.39. The standard InChI is InChI=1S/C30H38N2O4/c1-19-25(27(29(33)34)36-30(2,3)4)26(22-12-13-24-21(17-22)11-8-16-35-24)23-14-15-32(28(23)31-19)18-20-9-6-5-7-10-20/h12-15,17,20,27H,5-11,16,18H2,1-4H3,(H,33,34). The summed E-state index contributed by atoms with van der Waals surface area (Å²) in [7, 11) is 0. The average molecular weight is 491 g/mol. The molecular weight excluding hydrogens is 452 g/mol. The van der Waals surface area contributed by atoms with Crippen molar-refractivity contribution in [2.24, 2.45) is 5.92 Å². The van der Waals surface area contributed by atoms with E-state index in [0.717, 1.165) is 59.5 Å². The van der Waals surface area contributed by atoms with Gasteiger partial charge in [-0.1, -0.05) is 25.3 Å². The summed E-state index contributed by atoms with van der Waals surface area (Å²) in [5, 5.41) is 11.3. The molecule has 1 N–H and O–H groups in total. The molecule has 6 heteroatoms. The molecule has 0 radical (unpaired) electrons. The number of ether oxygens (including phenoxy) is 2. The van der Waals surface area contributed by atoms with Crippen molar-refractivity contribution in [3.8, 4) is 16.9 Å². The van der Waals surface area contributed by atoms with Crippen LogP contribution in [0.1, 0.15) is 82.2 Å². The van der Waals surface area contributed by atoms with Gasteiger partial charge in [-0.2, -0.15) is 0 Å². The van der Waals surface area contributed by atoms with Gasteiger partial charge in [-0.3, -0.25) is 0 Å². The number of aryl methyl sites for hydroxylation is 2. The second-order valence-corrected chi connectivity index (χ2v) is 11.4. The molecule has 1 aliphatic carbocycles. The molecule has 1 atom stereocenters. The van der Waals surface area contributed by atoms with Gasteiger partial charge in [0.1, 0.15) is 11.4 Å². The Morgan fingerprint density at radius 1 is 1.19 bits per heavy atom. The molecule has 1 saturated carbocycles. The molecule has 192 valence electrons. The highest BCUT2D eigenvalue weighted by atomic mass is 16.5. The van der Waals surface area contributed by atoms with Crippen molar-refractivity contribution in [3.63, 3.8) is 0 Å². The maximum atomic E-state index is 12.6. The summed E-state index contributed by atoms with van der Waals surface area (Å²) in [4.78, 5) is 17.6. The van der Waals surface area contributed by atoms with E-state index in [4.69, 9.17) is 14.5 Å². The quantitative estimate of drug-likeness (QED) is 0.409. The second-order valence-electron chi connectivity index (χ2n) is 11.4. The highest BCUT2D eigenvalue weighted by Gasteiger charge is 2.33. The molecule has 6 nitrogen and oxygen atoms in total. The molecule has 1 unspecified atom stereocenters. The van der Waals surface area contributed by atoms with Gasteiger partial charge in [0.05, 0.1) is 12.2 Å². The van der Waals surface area contributed by atoms with Crippen LogP contribution in [-0.4, -0.2) is 32.8 Å². The maximum Gasteiger partial charge on any atom is 0.337 e. The first-order valence-corrected chi connectivity index (χ1v) is 13.4. The van der Waals surface area contributed by atoms with Gasteiger partial charge in [-0.05, 0) is 88.6 Å². The third-order valence-corrected chi connectivity index (χ3v) is 7.47. The Morgan fingerprint density at radius 2 is 1.97 bits per heavy atom. The summed E-state index contributed by atoms with van der Waals surface area (Å²) in [6.45, 7) is 9.27. The summed E-state index contributed by atoms with van der Waals surface area (Å²) in [5.41, 5.74) is 4.69. The number of fused-ring (bicyclic) bond motifs is 2. The summed E-state index contributed by atoms with van der Waals surface area (Å²) < 4.78 is 14.3. The fourth-order valence-electron chi connectivity index (χ4n) is 5.86. The Labute approximate surface area is 213 Å². The normalized spacial score (nSPS) is 17.6. The molecule has 36 heavy (non-hydrogen) atoms. The molecule has 5 rings (SSSR count). The van der Waals surface area contributed by atoms with E-state index in [1.807, 2.05) is 33.8 Å². The van der Waals surface area contributed by atoms with Crippen LogP contribution in [0.2, 0.25) is 0 Å². The van der Waals surface area contributed by atoms with Gasteiger partial charge in [-0.15, -0.1) is 0 Å². The van der Waals surface area contributed by atoms with Crippen LogP contribution in [0.3, 0.4) is 0 Å². The van der Waals surface area contributed by atoms with E-state index in [9.17, 15) is 9.90 Å². The number of carboxylic acids is 1. The van der Waals surface area contributed by atoms with Crippen LogP contribution in [0.25, 0.3) is 22.2 Å². The molecule has 1 aliphatic heterocycles. The Morgan fingerprint density at radius 3 is 2.69 bits per heavy atom. The van der Waals surface area contributed by atoms with E-state index < -0.39 is 17.7 Å². The Bertz CT molecular complexity index is 1260. The number of carboxylic acid groups (broad SMARTS) is 1. The van der Waals surface area contributed by atoms with Gasteiger partial charge in [0.2, 0.25) is 0 Å². The number of pyridine rings is 1. The molecule has 1 fully saturated rings. The molecule has 0 amide bonds. The smallest absolute Gasteiger partial charge is 0.337 e. The number of aliphatic carboxylic acids is 1. The summed E-state index contributed by atoms with van der Waals surface area (Å²) in [5.74, 6) is 0.582. The molecule has 0 spiro atoms.